The van der Waals surface area contributed by atoms with Gasteiger partial charge < -0.3 is 9.30 Å². The van der Waals surface area contributed by atoms with Gasteiger partial charge >= 0.3 is 0 Å². The predicted octanol–water partition coefficient (Wildman–Crippen LogP) is 3.62. The van der Waals surface area contributed by atoms with Crippen LogP contribution in [0.15, 0.2) is 42.7 Å². The third-order valence-electron chi connectivity index (χ3n) is 4.14. The molecule has 0 aliphatic carbocycles. The van der Waals surface area contributed by atoms with Crippen molar-refractivity contribution in [3.63, 3.8) is 0 Å². The summed E-state index contributed by atoms with van der Waals surface area (Å²) in [5, 5.41) is 12.6. The Morgan fingerprint density at radius 3 is 2.61 bits per heavy atom. The van der Waals surface area contributed by atoms with Gasteiger partial charge in [0.2, 0.25) is 0 Å². The molecule has 0 spiro atoms. The number of hydrogen-bond acceptors (Lipinski definition) is 4. The second kappa shape index (κ2) is 6.30. The van der Waals surface area contributed by atoms with E-state index in [-0.39, 0.29) is 0 Å². The van der Waals surface area contributed by atoms with Gasteiger partial charge in [-0.25, -0.2) is 0 Å². The molecule has 0 saturated carbocycles. The lowest BCUT2D eigenvalue weighted by atomic mass is 10.2. The van der Waals surface area contributed by atoms with E-state index in [1.807, 2.05) is 44.2 Å². The molecular weight excluding hydrogens is 290 g/mol. The van der Waals surface area contributed by atoms with Crippen LogP contribution in [0.4, 0.5) is 5.69 Å². The Morgan fingerprint density at radius 1 is 1.22 bits per heavy atom. The lowest BCUT2D eigenvalue weighted by molar-refractivity contribution is 0.260. The van der Waals surface area contributed by atoms with Crippen molar-refractivity contribution in [2.24, 2.45) is 0 Å². The summed E-state index contributed by atoms with van der Waals surface area (Å²) in [7, 11) is 1.65. The second-order valence-electron chi connectivity index (χ2n) is 5.47. The lowest BCUT2D eigenvalue weighted by Gasteiger charge is -2.15. The van der Waals surface area contributed by atoms with Gasteiger partial charge in [0.15, 0.2) is 0 Å². The molecule has 3 aromatic rings. The Balaban J connectivity index is 2.19. The second-order valence-corrected chi connectivity index (χ2v) is 5.47. The molecule has 5 heteroatoms. The molecule has 2 heterocycles. The summed E-state index contributed by atoms with van der Waals surface area (Å²) in [4.78, 5) is 4.07. The Morgan fingerprint density at radius 2 is 1.96 bits per heavy atom. The molecule has 0 atom stereocenters. The number of methoxy groups -OCH3 is 1. The minimum atomic E-state index is 0.520. The first-order chi connectivity index (χ1) is 11.2. The van der Waals surface area contributed by atoms with Gasteiger partial charge in [0.25, 0.3) is 0 Å². The van der Waals surface area contributed by atoms with Gasteiger partial charge in [0.05, 0.1) is 18.3 Å². The van der Waals surface area contributed by atoms with Crippen LogP contribution in [-0.2, 0) is 6.54 Å². The van der Waals surface area contributed by atoms with E-state index < -0.39 is 0 Å². The van der Waals surface area contributed by atoms with Crippen molar-refractivity contribution >= 4 is 16.6 Å². The molecule has 5 nitrogen and oxygen atoms in total. The van der Waals surface area contributed by atoms with Crippen LogP contribution in [0.3, 0.4) is 0 Å². The molecule has 0 fully saturated rings. The molecule has 1 N–H and O–H groups in total. The van der Waals surface area contributed by atoms with Crippen LogP contribution in [0.2, 0.25) is 0 Å². The van der Waals surface area contributed by atoms with Crippen molar-refractivity contribution in [1.29, 1.82) is 0 Å². The number of aromatic nitrogens is 2. The van der Waals surface area contributed by atoms with Gasteiger partial charge in [-0.15, -0.1) is 0 Å². The quantitative estimate of drug-likeness (QED) is 0.731. The molecule has 0 aliphatic rings. The average molecular weight is 311 g/mol. The fourth-order valence-electron chi connectivity index (χ4n) is 2.93. The van der Waals surface area contributed by atoms with Crippen molar-refractivity contribution in [1.82, 2.24) is 9.55 Å². The Bertz CT molecular complexity index is 812. The van der Waals surface area contributed by atoms with Gasteiger partial charge in [-0.3, -0.25) is 15.3 Å². The highest BCUT2D eigenvalue weighted by Crippen LogP contribution is 2.35. The maximum Gasteiger partial charge on any atom is 0.119 e. The number of hydroxylamine groups is 1. The van der Waals surface area contributed by atoms with Gasteiger partial charge in [0, 0.05) is 36.6 Å². The van der Waals surface area contributed by atoms with Crippen molar-refractivity contribution in [2.45, 2.75) is 20.4 Å². The third-order valence-corrected chi connectivity index (χ3v) is 4.14. The van der Waals surface area contributed by atoms with Crippen LogP contribution in [0.25, 0.3) is 10.9 Å². The van der Waals surface area contributed by atoms with Gasteiger partial charge in [-0.1, -0.05) is 0 Å². The topological polar surface area (TPSA) is 50.5 Å². The number of rotatable bonds is 5. The molecule has 0 saturated heterocycles. The van der Waals surface area contributed by atoms with E-state index in [4.69, 9.17) is 4.74 Å². The molecule has 0 radical (unpaired) electrons. The predicted molar refractivity (Wildman–Crippen MR) is 91.4 cm³/mol. The first-order valence-corrected chi connectivity index (χ1v) is 7.67. The Kier molecular flexibility index (Phi) is 4.21. The number of hydrogen-bond donors (Lipinski definition) is 1. The van der Waals surface area contributed by atoms with Crippen molar-refractivity contribution < 1.29 is 9.94 Å². The van der Waals surface area contributed by atoms with E-state index >= 15 is 0 Å². The Hall–Kier alpha value is -2.53. The van der Waals surface area contributed by atoms with Gasteiger partial charge in [-0.2, -0.15) is 0 Å². The zero-order valence-electron chi connectivity index (χ0n) is 13.7. The summed E-state index contributed by atoms with van der Waals surface area (Å²) in [5.41, 5.74) is 4.09. The van der Waals surface area contributed by atoms with E-state index in [1.165, 1.54) is 10.6 Å². The zero-order valence-corrected chi connectivity index (χ0v) is 13.7. The largest absolute Gasteiger partial charge is 0.497 e. The number of pyridine rings is 1. The Labute approximate surface area is 135 Å². The highest BCUT2D eigenvalue weighted by Gasteiger charge is 2.18. The van der Waals surface area contributed by atoms with Crippen molar-refractivity contribution in [3.05, 3.63) is 54.0 Å². The summed E-state index contributed by atoms with van der Waals surface area (Å²) in [6.07, 6.45) is 3.59. The number of benzene rings is 1. The van der Waals surface area contributed by atoms with E-state index in [0.717, 1.165) is 34.6 Å². The van der Waals surface area contributed by atoms with Crippen LogP contribution in [0.5, 0.6) is 5.75 Å². The van der Waals surface area contributed by atoms with Gasteiger partial charge in [0.1, 0.15) is 5.75 Å². The summed E-state index contributed by atoms with van der Waals surface area (Å²) < 4.78 is 7.55. The van der Waals surface area contributed by atoms with Crippen LogP contribution in [-0.4, -0.2) is 28.4 Å². The summed E-state index contributed by atoms with van der Waals surface area (Å²) in [6, 6.07) is 9.97. The summed E-state index contributed by atoms with van der Waals surface area (Å²) in [5.74, 6) is 0.782. The molecule has 23 heavy (non-hydrogen) atoms. The highest BCUT2D eigenvalue weighted by atomic mass is 16.5. The van der Waals surface area contributed by atoms with Crippen molar-refractivity contribution in [2.75, 3.05) is 18.7 Å². The van der Waals surface area contributed by atoms with Crippen LogP contribution >= 0.6 is 0 Å². The molecule has 1 aromatic carbocycles. The minimum Gasteiger partial charge on any atom is -0.497 e. The SMILES string of the molecule is CCN(O)c1c(C)n(Cc2ccncc2)c2ccc(OC)cc12. The van der Waals surface area contributed by atoms with E-state index in [2.05, 4.69) is 9.55 Å². The molecule has 2 aromatic heterocycles. The monoisotopic (exact) mass is 311 g/mol. The number of fused-ring (bicyclic) bond motifs is 1. The number of anilines is 1. The molecule has 0 unspecified atom stereocenters. The fourth-order valence-corrected chi connectivity index (χ4v) is 2.93. The highest BCUT2D eigenvalue weighted by molar-refractivity contribution is 5.96. The normalized spacial score (nSPS) is 11.0. The maximum atomic E-state index is 10.3. The molecule has 0 amide bonds. The molecule has 0 bridgehead atoms. The molecular formula is C18H21N3O2. The van der Waals surface area contributed by atoms with E-state index in [1.54, 1.807) is 19.5 Å². The number of ether oxygens (including phenoxy) is 1. The van der Waals surface area contributed by atoms with Crippen LogP contribution in [0.1, 0.15) is 18.2 Å². The first-order valence-electron chi connectivity index (χ1n) is 7.67. The zero-order chi connectivity index (χ0) is 16.4. The average Bonchev–Trinajstić information content (AvgIpc) is 2.86. The molecule has 0 aliphatic heterocycles. The summed E-state index contributed by atoms with van der Waals surface area (Å²) in [6.45, 7) is 5.20. The van der Waals surface area contributed by atoms with Gasteiger partial charge in [-0.05, 0) is 49.7 Å². The van der Waals surface area contributed by atoms with Crippen molar-refractivity contribution in [3.8, 4) is 5.75 Å². The first kappa shape index (κ1) is 15.4. The number of nitrogens with zero attached hydrogens (tertiary/aromatic N) is 3. The summed E-state index contributed by atoms with van der Waals surface area (Å²) >= 11 is 0. The molecule has 120 valence electrons. The van der Waals surface area contributed by atoms with Crippen LogP contribution < -0.4 is 9.80 Å². The van der Waals surface area contributed by atoms with Crippen LogP contribution in [0, 0.1) is 6.92 Å². The standard InChI is InChI=1S/C18H21N3O2/c1-4-21(22)18-13(2)20(12-14-7-9-19-10-8-14)17-6-5-15(23-3)11-16(17)18/h5-11,22H,4,12H2,1-3H3. The fraction of sp³-hybridized carbons (Fsp3) is 0.278. The third kappa shape index (κ3) is 2.75. The smallest absolute Gasteiger partial charge is 0.119 e. The van der Waals surface area contributed by atoms with E-state index in [0.29, 0.717) is 6.54 Å². The lowest BCUT2D eigenvalue weighted by Crippen LogP contribution is -2.17. The maximum absolute atomic E-state index is 10.3. The molecule has 3 rings (SSSR count). The minimum absolute atomic E-state index is 0.520. The van der Waals surface area contributed by atoms with E-state index in [9.17, 15) is 5.21 Å².